The molecule has 0 aliphatic heterocycles. The third kappa shape index (κ3) is 4.02. The van der Waals surface area contributed by atoms with Crippen molar-refractivity contribution in [2.75, 3.05) is 5.06 Å². The molecule has 0 radical (unpaired) electrons. The van der Waals surface area contributed by atoms with Gasteiger partial charge in [-0.1, -0.05) is 56.2 Å². The van der Waals surface area contributed by atoms with Crippen LogP contribution >= 0.6 is 0 Å². The van der Waals surface area contributed by atoms with Gasteiger partial charge in [-0.05, 0) is 37.6 Å². The lowest BCUT2D eigenvalue weighted by atomic mass is 10.1. The predicted octanol–water partition coefficient (Wildman–Crippen LogP) is 5.07. The molecular formula is C18H23NO. The second kappa shape index (κ2) is 7.59. The Morgan fingerprint density at radius 2 is 1.55 bits per heavy atom. The first kappa shape index (κ1) is 14.4. The Morgan fingerprint density at radius 3 is 2.15 bits per heavy atom. The molecule has 0 heterocycles. The number of benzene rings is 2. The Labute approximate surface area is 122 Å². The maximum absolute atomic E-state index is 6.09. The molecule has 2 heteroatoms. The predicted molar refractivity (Wildman–Crippen MR) is 85.0 cm³/mol. The molecule has 0 spiro atoms. The summed E-state index contributed by atoms with van der Waals surface area (Å²) in [5, 5.41) is 2.02. The lowest BCUT2D eigenvalue weighted by Crippen LogP contribution is -2.36. The number of para-hydroxylation sites is 2. The van der Waals surface area contributed by atoms with Crippen LogP contribution < -0.4 is 9.90 Å². The summed E-state index contributed by atoms with van der Waals surface area (Å²) in [6, 6.07) is 20.6. The second-order valence-electron chi connectivity index (χ2n) is 5.06. The summed E-state index contributed by atoms with van der Waals surface area (Å²) < 4.78 is 0. The van der Waals surface area contributed by atoms with E-state index in [0.29, 0.717) is 6.04 Å². The fraction of sp³-hybridized carbons (Fsp3) is 0.333. The quantitative estimate of drug-likeness (QED) is 0.651. The molecule has 0 aromatic heterocycles. The molecule has 2 nitrogen and oxygen atoms in total. The summed E-state index contributed by atoms with van der Waals surface area (Å²) in [5.74, 6) is 0.875. The lowest BCUT2D eigenvalue weighted by Gasteiger charge is -2.30. The minimum Gasteiger partial charge on any atom is -0.379 e. The number of unbranched alkanes of at least 4 members (excludes halogenated alkanes) is 1. The van der Waals surface area contributed by atoms with Crippen LogP contribution in [0.5, 0.6) is 5.75 Å². The highest BCUT2D eigenvalue weighted by Crippen LogP contribution is 2.22. The van der Waals surface area contributed by atoms with Crippen LogP contribution in [0.25, 0.3) is 0 Å². The van der Waals surface area contributed by atoms with Crippen LogP contribution in [0.1, 0.15) is 33.1 Å². The SMILES string of the molecule is CCCCC(C)N(Oc1ccccc1)c1ccccc1. The molecule has 0 saturated carbocycles. The maximum atomic E-state index is 6.09. The topological polar surface area (TPSA) is 12.5 Å². The first-order valence-electron chi connectivity index (χ1n) is 7.38. The molecule has 1 atom stereocenters. The van der Waals surface area contributed by atoms with Crippen LogP contribution in [-0.4, -0.2) is 6.04 Å². The van der Waals surface area contributed by atoms with Crippen LogP contribution in [0.3, 0.4) is 0 Å². The summed E-state index contributed by atoms with van der Waals surface area (Å²) in [6.45, 7) is 4.43. The van der Waals surface area contributed by atoms with E-state index in [-0.39, 0.29) is 0 Å². The maximum Gasteiger partial charge on any atom is 0.155 e. The van der Waals surface area contributed by atoms with E-state index in [2.05, 4.69) is 26.0 Å². The molecule has 0 amide bonds. The van der Waals surface area contributed by atoms with Gasteiger partial charge in [-0.25, -0.2) is 5.06 Å². The number of anilines is 1. The zero-order chi connectivity index (χ0) is 14.2. The number of rotatable bonds is 7. The van der Waals surface area contributed by atoms with Crippen molar-refractivity contribution >= 4 is 5.69 Å². The Kier molecular flexibility index (Phi) is 5.48. The molecule has 2 aromatic rings. The standard InChI is InChI=1S/C18H23NO/c1-3-4-11-16(2)19(17-12-7-5-8-13-17)20-18-14-9-6-10-15-18/h5-10,12-16H,3-4,11H2,1-2H3. The molecule has 1 unspecified atom stereocenters. The number of hydroxylamine groups is 1. The van der Waals surface area contributed by atoms with Crippen molar-refractivity contribution in [3.05, 3.63) is 60.7 Å². The summed E-state index contributed by atoms with van der Waals surface area (Å²) in [6.07, 6.45) is 3.54. The van der Waals surface area contributed by atoms with E-state index in [9.17, 15) is 0 Å². The average molecular weight is 269 g/mol. The lowest BCUT2D eigenvalue weighted by molar-refractivity contribution is 0.239. The van der Waals surface area contributed by atoms with E-state index < -0.39 is 0 Å². The van der Waals surface area contributed by atoms with E-state index in [1.54, 1.807) is 0 Å². The first-order chi connectivity index (χ1) is 9.81. The van der Waals surface area contributed by atoms with Gasteiger partial charge in [-0.3, -0.25) is 0 Å². The third-order valence-corrected chi connectivity index (χ3v) is 3.33. The smallest absolute Gasteiger partial charge is 0.155 e. The minimum absolute atomic E-state index is 0.345. The van der Waals surface area contributed by atoms with Gasteiger partial charge in [0.25, 0.3) is 0 Å². The zero-order valence-electron chi connectivity index (χ0n) is 12.3. The minimum atomic E-state index is 0.345. The highest BCUT2D eigenvalue weighted by Gasteiger charge is 2.16. The monoisotopic (exact) mass is 269 g/mol. The summed E-state index contributed by atoms with van der Waals surface area (Å²) in [7, 11) is 0. The van der Waals surface area contributed by atoms with Crippen molar-refractivity contribution in [3.63, 3.8) is 0 Å². The van der Waals surface area contributed by atoms with Crippen LogP contribution in [0.4, 0.5) is 5.69 Å². The van der Waals surface area contributed by atoms with Gasteiger partial charge < -0.3 is 4.84 Å². The van der Waals surface area contributed by atoms with Crippen LogP contribution in [0.15, 0.2) is 60.7 Å². The molecular weight excluding hydrogens is 246 g/mol. The van der Waals surface area contributed by atoms with Crippen LogP contribution in [0.2, 0.25) is 0 Å². The number of hydrogen-bond donors (Lipinski definition) is 0. The molecule has 0 bridgehead atoms. The van der Waals surface area contributed by atoms with Gasteiger partial charge in [0, 0.05) is 0 Å². The Balaban J connectivity index is 2.16. The molecule has 2 aromatic carbocycles. The van der Waals surface area contributed by atoms with E-state index in [4.69, 9.17) is 4.84 Å². The van der Waals surface area contributed by atoms with Gasteiger partial charge in [0.2, 0.25) is 0 Å². The molecule has 2 rings (SSSR count). The Bertz CT molecular complexity index is 483. The van der Waals surface area contributed by atoms with Crippen LogP contribution in [-0.2, 0) is 0 Å². The van der Waals surface area contributed by atoms with Crippen molar-refractivity contribution in [3.8, 4) is 5.75 Å². The third-order valence-electron chi connectivity index (χ3n) is 3.33. The average Bonchev–Trinajstić information content (AvgIpc) is 2.52. The van der Waals surface area contributed by atoms with Crippen molar-refractivity contribution in [2.45, 2.75) is 39.2 Å². The van der Waals surface area contributed by atoms with Gasteiger partial charge >= 0.3 is 0 Å². The molecule has 0 N–H and O–H groups in total. The van der Waals surface area contributed by atoms with Crippen LogP contribution in [0, 0.1) is 0 Å². The largest absolute Gasteiger partial charge is 0.379 e. The fourth-order valence-corrected chi connectivity index (χ4v) is 2.18. The molecule has 0 saturated heterocycles. The van der Waals surface area contributed by atoms with Gasteiger partial charge in [0.1, 0.15) is 0 Å². The highest BCUT2D eigenvalue weighted by atomic mass is 16.7. The summed E-state index contributed by atoms with van der Waals surface area (Å²) in [5.41, 5.74) is 1.10. The van der Waals surface area contributed by atoms with Gasteiger partial charge in [0.15, 0.2) is 5.75 Å². The van der Waals surface area contributed by atoms with E-state index in [1.807, 2.05) is 53.6 Å². The number of hydrogen-bond acceptors (Lipinski definition) is 2. The summed E-state index contributed by atoms with van der Waals surface area (Å²) >= 11 is 0. The normalized spacial score (nSPS) is 11.9. The molecule has 0 aliphatic carbocycles. The Morgan fingerprint density at radius 1 is 0.950 bits per heavy atom. The van der Waals surface area contributed by atoms with Crippen molar-refractivity contribution < 1.29 is 4.84 Å². The zero-order valence-corrected chi connectivity index (χ0v) is 12.3. The van der Waals surface area contributed by atoms with Crippen molar-refractivity contribution in [1.82, 2.24) is 0 Å². The van der Waals surface area contributed by atoms with Crippen molar-refractivity contribution in [2.24, 2.45) is 0 Å². The Hall–Kier alpha value is -1.96. The van der Waals surface area contributed by atoms with Gasteiger partial charge in [-0.2, -0.15) is 0 Å². The molecule has 20 heavy (non-hydrogen) atoms. The highest BCUT2D eigenvalue weighted by molar-refractivity contribution is 5.45. The first-order valence-corrected chi connectivity index (χ1v) is 7.38. The summed E-state index contributed by atoms with van der Waals surface area (Å²) in [4.78, 5) is 6.09. The van der Waals surface area contributed by atoms with Gasteiger partial charge in [0.05, 0.1) is 11.7 Å². The van der Waals surface area contributed by atoms with E-state index >= 15 is 0 Å². The number of nitrogens with zero attached hydrogens (tertiary/aromatic N) is 1. The van der Waals surface area contributed by atoms with E-state index in [1.165, 1.54) is 12.8 Å². The van der Waals surface area contributed by atoms with Crippen molar-refractivity contribution in [1.29, 1.82) is 0 Å². The molecule has 0 fully saturated rings. The molecule has 0 aliphatic rings. The van der Waals surface area contributed by atoms with E-state index in [0.717, 1.165) is 17.9 Å². The molecule has 106 valence electrons. The second-order valence-corrected chi connectivity index (χ2v) is 5.06. The van der Waals surface area contributed by atoms with Gasteiger partial charge in [-0.15, -0.1) is 0 Å². The fourth-order valence-electron chi connectivity index (χ4n) is 2.18.